The van der Waals surface area contributed by atoms with Crippen LogP contribution in [0, 0.1) is 11.6 Å². The smallest absolute Gasteiger partial charge is 0.159 e. The summed E-state index contributed by atoms with van der Waals surface area (Å²) in [7, 11) is 0. The van der Waals surface area contributed by atoms with Crippen LogP contribution in [0.15, 0.2) is 18.2 Å². The molecule has 0 radical (unpaired) electrons. The first kappa shape index (κ1) is 8.63. The third-order valence-electron chi connectivity index (χ3n) is 2.54. The summed E-state index contributed by atoms with van der Waals surface area (Å²) in [6.07, 6.45) is 2.22. The second-order valence-electron chi connectivity index (χ2n) is 3.45. The molecule has 1 saturated heterocycles. The first-order valence-corrected chi connectivity index (χ1v) is 4.55. The van der Waals surface area contributed by atoms with Crippen LogP contribution < -0.4 is 5.32 Å². The number of halogens is 2. The second kappa shape index (κ2) is 3.42. The fourth-order valence-corrected chi connectivity index (χ4v) is 1.82. The number of rotatable bonds is 1. The average Bonchev–Trinajstić information content (AvgIpc) is 2.62. The van der Waals surface area contributed by atoms with Crippen molar-refractivity contribution in [3.63, 3.8) is 0 Å². The Bertz CT molecular complexity index is 306. The topological polar surface area (TPSA) is 16.6 Å². The van der Waals surface area contributed by atoms with E-state index in [1.165, 1.54) is 12.1 Å². The molecule has 1 aliphatic heterocycles. The molecule has 2 N–H and O–H groups in total. The largest absolute Gasteiger partial charge is 0.340 e. The molecule has 1 nitrogen and oxygen atoms in total. The summed E-state index contributed by atoms with van der Waals surface area (Å²) in [6, 6.07) is 4.51. The lowest BCUT2D eigenvalue weighted by Gasteiger charge is -2.06. The molecule has 13 heavy (non-hydrogen) atoms. The monoisotopic (exact) mass is 184 g/mol. The van der Waals surface area contributed by atoms with Crippen LogP contribution in [0.5, 0.6) is 0 Å². The number of quaternary nitrogens is 1. The van der Waals surface area contributed by atoms with Crippen LogP contribution in [-0.2, 0) is 0 Å². The Morgan fingerprint density at radius 2 is 2.08 bits per heavy atom. The molecule has 1 fully saturated rings. The Kier molecular flexibility index (Phi) is 2.27. The van der Waals surface area contributed by atoms with E-state index in [1.54, 1.807) is 6.07 Å². The highest BCUT2D eigenvalue weighted by Crippen LogP contribution is 2.19. The summed E-state index contributed by atoms with van der Waals surface area (Å²) in [5.74, 6) is -1.50. The summed E-state index contributed by atoms with van der Waals surface area (Å²) >= 11 is 0. The van der Waals surface area contributed by atoms with Gasteiger partial charge >= 0.3 is 0 Å². The van der Waals surface area contributed by atoms with Crippen molar-refractivity contribution in [2.45, 2.75) is 18.9 Å². The van der Waals surface area contributed by atoms with Gasteiger partial charge in [-0.15, -0.1) is 0 Å². The normalized spacial score (nSPS) is 22.2. The second-order valence-corrected chi connectivity index (χ2v) is 3.45. The molecule has 1 aliphatic rings. The van der Waals surface area contributed by atoms with Gasteiger partial charge in [0.25, 0.3) is 0 Å². The number of hydrogen-bond acceptors (Lipinski definition) is 0. The van der Waals surface area contributed by atoms with Gasteiger partial charge in [0.15, 0.2) is 11.6 Å². The van der Waals surface area contributed by atoms with Gasteiger partial charge in [0.1, 0.15) is 6.04 Å². The number of hydrogen-bond donors (Lipinski definition) is 1. The highest BCUT2D eigenvalue weighted by molar-refractivity contribution is 5.20. The highest BCUT2D eigenvalue weighted by atomic mass is 19.2. The summed E-state index contributed by atoms with van der Waals surface area (Å²) in [6.45, 7) is 1.09. The molecule has 1 atom stereocenters. The van der Waals surface area contributed by atoms with Gasteiger partial charge in [-0.3, -0.25) is 0 Å². The van der Waals surface area contributed by atoms with E-state index in [2.05, 4.69) is 5.32 Å². The molecule has 3 heteroatoms. The Balaban J connectivity index is 2.25. The van der Waals surface area contributed by atoms with E-state index < -0.39 is 11.6 Å². The minimum absolute atomic E-state index is 0.329. The molecule has 2 rings (SSSR count). The van der Waals surface area contributed by atoms with Crippen molar-refractivity contribution in [3.8, 4) is 0 Å². The van der Waals surface area contributed by atoms with Crippen molar-refractivity contribution in [3.05, 3.63) is 35.4 Å². The summed E-state index contributed by atoms with van der Waals surface area (Å²) in [5.41, 5.74) is 0.899. The van der Waals surface area contributed by atoms with Gasteiger partial charge in [-0.1, -0.05) is 0 Å². The lowest BCUT2D eigenvalue weighted by atomic mass is 10.1. The predicted octanol–water partition coefficient (Wildman–Crippen LogP) is 1.36. The molecular formula is C10H12F2N+. The van der Waals surface area contributed by atoms with Crippen LogP contribution >= 0.6 is 0 Å². The average molecular weight is 184 g/mol. The fourth-order valence-electron chi connectivity index (χ4n) is 1.82. The molecule has 1 aromatic rings. The molecule has 0 saturated carbocycles. The van der Waals surface area contributed by atoms with Crippen LogP contribution in [0.2, 0.25) is 0 Å². The van der Waals surface area contributed by atoms with Crippen molar-refractivity contribution in [1.29, 1.82) is 0 Å². The van der Waals surface area contributed by atoms with Crippen molar-refractivity contribution in [2.24, 2.45) is 0 Å². The predicted molar refractivity (Wildman–Crippen MR) is 45.1 cm³/mol. The third kappa shape index (κ3) is 1.70. The van der Waals surface area contributed by atoms with E-state index in [0.717, 1.165) is 24.9 Å². The summed E-state index contributed by atoms with van der Waals surface area (Å²) in [4.78, 5) is 0. The molecule has 0 unspecified atom stereocenters. The minimum Gasteiger partial charge on any atom is -0.340 e. The van der Waals surface area contributed by atoms with E-state index in [-0.39, 0.29) is 0 Å². The van der Waals surface area contributed by atoms with E-state index in [0.29, 0.717) is 6.04 Å². The van der Waals surface area contributed by atoms with Crippen LogP contribution in [0.25, 0.3) is 0 Å². The van der Waals surface area contributed by atoms with Crippen LogP contribution in [0.4, 0.5) is 8.78 Å². The van der Waals surface area contributed by atoms with E-state index >= 15 is 0 Å². The molecule has 0 amide bonds. The van der Waals surface area contributed by atoms with E-state index in [9.17, 15) is 8.78 Å². The maximum atomic E-state index is 12.8. The number of benzene rings is 1. The van der Waals surface area contributed by atoms with Crippen molar-refractivity contribution in [1.82, 2.24) is 0 Å². The van der Waals surface area contributed by atoms with Crippen molar-refractivity contribution in [2.75, 3.05) is 6.54 Å². The van der Waals surface area contributed by atoms with Gasteiger partial charge in [0, 0.05) is 18.4 Å². The van der Waals surface area contributed by atoms with Gasteiger partial charge in [-0.2, -0.15) is 0 Å². The maximum Gasteiger partial charge on any atom is 0.159 e. The van der Waals surface area contributed by atoms with Crippen LogP contribution in [-0.4, -0.2) is 6.54 Å². The van der Waals surface area contributed by atoms with Gasteiger partial charge in [-0.25, -0.2) is 8.78 Å². The molecule has 0 aliphatic carbocycles. The van der Waals surface area contributed by atoms with Crippen molar-refractivity contribution < 1.29 is 14.1 Å². The standard InChI is InChI=1S/C10H11F2N/c11-8-4-3-7(6-9(8)12)10-2-1-5-13-10/h3-4,6,10,13H,1-2,5H2/p+1/t10-/m1/s1. The lowest BCUT2D eigenvalue weighted by Crippen LogP contribution is -2.81. The van der Waals surface area contributed by atoms with Gasteiger partial charge in [-0.05, 0) is 18.2 Å². The third-order valence-corrected chi connectivity index (χ3v) is 2.54. The Morgan fingerprint density at radius 3 is 2.69 bits per heavy atom. The zero-order valence-corrected chi connectivity index (χ0v) is 7.26. The molecule has 1 aromatic carbocycles. The maximum absolute atomic E-state index is 12.8. The van der Waals surface area contributed by atoms with Crippen LogP contribution in [0.3, 0.4) is 0 Å². The van der Waals surface area contributed by atoms with Crippen molar-refractivity contribution >= 4 is 0 Å². The van der Waals surface area contributed by atoms with Gasteiger partial charge in [0.2, 0.25) is 0 Å². The molecule has 1 heterocycles. The molecule has 70 valence electrons. The fraction of sp³-hybridized carbons (Fsp3) is 0.400. The molecule has 0 spiro atoms. The Morgan fingerprint density at radius 1 is 1.23 bits per heavy atom. The first-order chi connectivity index (χ1) is 6.27. The summed E-state index contributed by atoms with van der Waals surface area (Å²) < 4.78 is 25.4. The zero-order chi connectivity index (χ0) is 9.26. The zero-order valence-electron chi connectivity index (χ0n) is 7.26. The lowest BCUT2D eigenvalue weighted by molar-refractivity contribution is -0.676. The Hall–Kier alpha value is -0.960. The van der Waals surface area contributed by atoms with E-state index in [1.807, 2.05) is 0 Å². The molecule has 0 aromatic heterocycles. The molecular weight excluding hydrogens is 172 g/mol. The molecule has 0 bridgehead atoms. The highest BCUT2D eigenvalue weighted by Gasteiger charge is 2.21. The first-order valence-electron chi connectivity index (χ1n) is 4.55. The van der Waals surface area contributed by atoms with Gasteiger partial charge in [0.05, 0.1) is 6.54 Å². The summed E-state index contributed by atoms with van der Waals surface area (Å²) in [5, 5.41) is 2.17. The van der Waals surface area contributed by atoms with E-state index in [4.69, 9.17) is 0 Å². The Labute approximate surface area is 75.8 Å². The SMILES string of the molecule is Fc1ccc([C@H]2CCC[NH2+]2)cc1F. The number of nitrogens with two attached hydrogens (primary N) is 1. The minimum atomic E-state index is -0.762. The van der Waals surface area contributed by atoms with Crippen LogP contribution in [0.1, 0.15) is 24.4 Å². The quantitative estimate of drug-likeness (QED) is 0.678. The van der Waals surface area contributed by atoms with Gasteiger partial charge < -0.3 is 5.32 Å².